The Morgan fingerprint density at radius 1 is 1.36 bits per heavy atom. The second kappa shape index (κ2) is 7.86. The minimum absolute atomic E-state index is 0.0911. The summed E-state index contributed by atoms with van der Waals surface area (Å²) < 4.78 is 10.7. The molecule has 0 saturated carbocycles. The van der Waals surface area contributed by atoms with E-state index in [9.17, 15) is 4.79 Å². The number of esters is 1. The molecule has 0 N–H and O–H groups in total. The topological polar surface area (TPSA) is 35.5 Å². The zero-order chi connectivity index (χ0) is 11.2. The number of carbonyl (C=O) groups is 1. The van der Waals surface area contributed by atoms with Crippen LogP contribution in [0.25, 0.3) is 0 Å². The number of rotatable bonds is 6. The van der Waals surface area contributed by atoms with Crippen molar-refractivity contribution in [3.05, 3.63) is 0 Å². The van der Waals surface area contributed by atoms with Crippen molar-refractivity contribution in [3.63, 3.8) is 0 Å². The van der Waals surface area contributed by atoms with Gasteiger partial charge in [-0.05, 0) is 0 Å². The van der Waals surface area contributed by atoms with Gasteiger partial charge in [0, 0.05) is 0 Å². The van der Waals surface area contributed by atoms with Gasteiger partial charge in [-0.2, -0.15) is 0 Å². The van der Waals surface area contributed by atoms with Crippen LogP contribution < -0.4 is 0 Å². The maximum absolute atomic E-state index is 10.9. The van der Waals surface area contributed by atoms with Crippen molar-refractivity contribution in [2.45, 2.75) is 23.4 Å². The Kier molecular flexibility index (Phi) is 8.79. The Bertz CT molecular complexity index is 184. The SMILES string of the molecule is COC(=O)CCC(C[Te](Br)(Br)Br)OC. The van der Waals surface area contributed by atoms with Crippen LogP contribution in [0.2, 0.25) is 4.47 Å². The van der Waals surface area contributed by atoms with E-state index in [1.807, 2.05) is 0 Å². The van der Waals surface area contributed by atoms with Gasteiger partial charge < -0.3 is 0 Å². The summed E-state index contributed by atoms with van der Waals surface area (Å²) >= 11 is 8.56. The quantitative estimate of drug-likeness (QED) is 0.406. The molecule has 0 fully saturated rings. The van der Waals surface area contributed by atoms with Crippen LogP contribution in [0.3, 0.4) is 0 Å². The Labute approximate surface area is 106 Å². The van der Waals surface area contributed by atoms with Crippen molar-refractivity contribution in [1.82, 2.24) is 0 Å². The van der Waals surface area contributed by atoms with Gasteiger partial charge in [-0.3, -0.25) is 0 Å². The average molecular weight is 512 g/mol. The van der Waals surface area contributed by atoms with Gasteiger partial charge >= 0.3 is 108 Å². The van der Waals surface area contributed by atoms with Crippen LogP contribution in [0.4, 0.5) is 0 Å². The van der Waals surface area contributed by atoms with E-state index < -0.39 is 11.6 Å². The number of halogens is 3. The first-order valence-electron chi connectivity index (χ1n) is 3.88. The molecule has 7 heteroatoms. The molecule has 0 heterocycles. The van der Waals surface area contributed by atoms with E-state index in [4.69, 9.17) is 4.74 Å². The number of methoxy groups -OCH3 is 2. The monoisotopic (exact) mass is 512 g/mol. The first-order valence-corrected chi connectivity index (χ1v) is 21.2. The third-order valence-corrected chi connectivity index (χ3v) is 9.07. The molecule has 1 atom stereocenters. The molecule has 0 aliphatic carbocycles. The molecule has 0 aliphatic rings. The average Bonchev–Trinajstić information content (AvgIpc) is 2.09. The molecule has 0 aromatic carbocycles. The van der Waals surface area contributed by atoms with Crippen LogP contribution in [0.15, 0.2) is 0 Å². The molecule has 0 rings (SSSR count). The molecule has 3 nitrogen and oxygen atoms in total. The fourth-order valence-electron chi connectivity index (χ4n) is 0.861. The van der Waals surface area contributed by atoms with Gasteiger partial charge in [0.25, 0.3) is 0 Å². The molecule has 0 aliphatic heterocycles. The third kappa shape index (κ3) is 8.93. The van der Waals surface area contributed by atoms with Gasteiger partial charge in [0.15, 0.2) is 0 Å². The van der Waals surface area contributed by atoms with Gasteiger partial charge in [0.05, 0.1) is 0 Å². The first-order chi connectivity index (χ1) is 6.39. The summed E-state index contributed by atoms with van der Waals surface area (Å²) in [5, 5.41) is 0. The van der Waals surface area contributed by atoms with Crippen molar-refractivity contribution in [1.29, 1.82) is 0 Å². The summed E-state index contributed by atoms with van der Waals surface area (Å²) in [5.41, 5.74) is 0. The van der Waals surface area contributed by atoms with Crippen LogP contribution in [-0.4, -0.2) is 37.9 Å². The third-order valence-electron chi connectivity index (χ3n) is 1.61. The second-order valence-corrected chi connectivity index (χ2v) is 46.2. The van der Waals surface area contributed by atoms with Gasteiger partial charge in [-0.1, -0.05) is 0 Å². The molecular weight excluding hydrogens is 499 g/mol. The van der Waals surface area contributed by atoms with E-state index in [2.05, 4.69) is 43.0 Å². The number of hydrogen-bond donors (Lipinski definition) is 0. The fraction of sp³-hybridized carbons (Fsp3) is 0.857. The van der Waals surface area contributed by atoms with Gasteiger partial charge in [0.2, 0.25) is 0 Å². The molecule has 0 spiro atoms. The van der Waals surface area contributed by atoms with Crippen molar-refractivity contribution < 1.29 is 14.3 Å². The molecule has 0 radical (unpaired) electrons. The number of carbonyl (C=O) groups excluding carboxylic acids is 1. The van der Waals surface area contributed by atoms with E-state index in [-0.39, 0.29) is 12.1 Å². The summed E-state index contributed by atoms with van der Waals surface area (Å²) in [6, 6.07) is 0. The molecule has 86 valence electrons. The molecular formula is C7H13Br3O3Te. The summed E-state index contributed by atoms with van der Waals surface area (Å²) in [6.45, 7) is 0. The summed E-state index contributed by atoms with van der Waals surface area (Å²) in [6.07, 6.45) is 1.19. The van der Waals surface area contributed by atoms with E-state index in [0.717, 1.165) is 4.47 Å². The predicted molar refractivity (Wildman–Crippen MR) is 69.4 cm³/mol. The standard InChI is InChI=1S/C7H13Br3O3Te/c1-12-6(5-14(8,9)10)3-4-7(11)13-2/h6H,3-5H2,1-2H3. The fourth-order valence-corrected chi connectivity index (χ4v) is 8.86. The molecule has 14 heavy (non-hydrogen) atoms. The Morgan fingerprint density at radius 3 is 2.29 bits per heavy atom. The second-order valence-electron chi connectivity index (χ2n) is 2.64. The van der Waals surface area contributed by atoms with Crippen molar-refractivity contribution in [2.24, 2.45) is 0 Å². The van der Waals surface area contributed by atoms with Gasteiger partial charge in [0.1, 0.15) is 0 Å². The van der Waals surface area contributed by atoms with Gasteiger partial charge in [-0.15, -0.1) is 0 Å². The number of ether oxygens (including phenoxy) is 2. The minimum atomic E-state index is -2.15. The first kappa shape index (κ1) is 15.7. The van der Waals surface area contributed by atoms with Crippen LogP contribution >= 0.6 is 38.3 Å². The van der Waals surface area contributed by atoms with Crippen molar-refractivity contribution in [3.8, 4) is 0 Å². The Hall–Kier alpha value is 1.66. The van der Waals surface area contributed by atoms with E-state index in [0.29, 0.717) is 12.8 Å². The molecule has 0 aromatic heterocycles. The van der Waals surface area contributed by atoms with Crippen LogP contribution in [0.1, 0.15) is 12.8 Å². The normalized spacial score (nSPS) is 14.9. The summed E-state index contributed by atoms with van der Waals surface area (Å²) in [4.78, 5) is 10.9. The maximum atomic E-state index is 10.9. The van der Waals surface area contributed by atoms with E-state index in [1.165, 1.54) is 7.11 Å². The zero-order valence-electron chi connectivity index (χ0n) is 7.97. The molecule has 0 amide bonds. The Morgan fingerprint density at radius 2 is 1.93 bits per heavy atom. The molecule has 1 unspecified atom stereocenters. The van der Waals surface area contributed by atoms with E-state index in [1.54, 1.807) is 7.11 Å². The van der Waals surface area contributed by atoms with Crippen LogP contribution in [0, 0.1) is 0 Å². The van der Waals surface area contributed by atoms with E-state index >= 15 is 0 Å². The van der Waals surface area contributed by atoms with Crippen molar-refractivity contribution >= 4 is 55.8 Å². The van der Waals surface area contributed by atoms with Crippen LogP contribution in [0.5, 0.6) is 0 Å². The molecule has 0 bridgehead atoms. The Balaban J connectivity index is 3.86. The van der Waals surface area contributed by atoms with Crippen LogP contribution in [-0.2, 0) is 14.3 Å². The molecule has 0 saturated heterocycles. The van der Waals surface area contributed by atoms with Gasteiger partial charge in [-0.25, -0.2) is 0 Å². The van der Waals surface area contributed by atoms with Crippen molar-refractivity contribution in [2.75, 3.05) is 14.2 Å². The number of hydrogen-bond acceptors (Lipinski definition) is 3. The molecule has 0 aromatic rings. The predicted octanol–water partition coefficient (Wildman–Crippen LogP) is 3.08. The summed E-state index contributed by atoms with van der Waals surface area (Å²) in [7, 11) is 3.05. The zero-order valence-corrected chi connectivity index (χ0v) is 15.1. The summed E-state index contributed by atoms with van der Waals surface area (Å²) in [5.74, 6) is -0.191.